The number of nitrogens with zero attached hydrogens (tertiary/aromatic N) is 1. The molecule has 1 aromatic carbocycles. The molecular weight excluding hydrogens is 214 g/mol. The molecule has 0 amide bonds. The van der Waals surface area contributed by atoms with Crippen molar-refractivity contribution in [3.8, 4) is 6.07 Å². The number of rotatable bonds is 5. The minimum absolute atomic E-state index is 0.449. The van der Waals surface area contributed by atoms with Gasteiger partial charge < -0.3 is 16.2 Å². The summed E-state index contributed by atoms with van der Waals surface area (Å²) in [7, 11) is 0. The van der Waals surface area contributed by atoms with Crippen LogP contribution >= 0.6 is 0 Å². The fraction of sp³-hybridized carbons (Fsp3) is 0.462. The summed E-state index contributed by atoms with van der Waals surface area (Å²) in [6.45, 7) is 4.28. The van der Waals surface area contributed by atoms with Gasteiger partial charge in [-0.3, -0.25) is 0 Å². The number of aliphatic hydroxyl groups is 1. The lowest BCUT2D eigenvalue weighted by molar-refractivity contribution is 0.0637. The first-order valence-corrected chi connectivity index (χ1v) is 5.74. The number of nitriles is 1. The molecule has 4 heteroatoms. The highest BCUT2D eigenvalue weighted by Gasteiger charge is 2.18. The maximum atomic E-state index is 10.0. The summed E-state index contributed by atoms with van der Waals surface area (Å²) in [5.41, 5.74) is 6.61. The fourth-order valence-electron chi connectivity index (χ4n) is 1.68. The zero-order valence-electron chi connectivity index (χ0n) is 10.3. The minimum Gasteiger partial charge on any atom is -0.398 e. The molecular formula is C13H19N3O. The van der Waals surface area contributed by atoms with Gasteiger partial charge in [0.2, 0.25) is 0 Å². The SMILES string of the molecule is CCCC(C)(O)CNc1ccc(N)c(C#N)c1. The molecule has 4 nitrogen and oxygen atoms in total. The molecule has 0 saturated carbocycles. The van der Waals surface area contributed by atoms with Crippen molar-refractivity contribution in [3.05, 3.63) is 23.8 Å². The molecule has 1 unspecified atom stereocenters. The third-order valence-corrected chi connectivity index (χ3v) is 2.64. The Bertz CT molecular complexity index is 421. The smallest absolute Gasteiger partial charge is 0.101 e. The zero-order valence-corrected chi connectivity index (χ0v) is 10.3. The number of nitrogens with one attached hydrogen (secondary N) is 1. The van der Waals surface area contributed by atoms with Crippen molar-refractivity contribution in [2.24, 2.45) is 0 Å². The van der Waals surface area contributed by atoms with E-state index in [0.717, 1.165) is 18.5 Å². The first-order valence-electron chi connectivity index (χ1n) is 5.74. The van der Waals surface area contributed by atoms with Crippen LogP contribution in [0, 0.1) is 11.3 Å². The predicted molar refractivity (Wildman–Crippen MR) is 69.6 cm³/mol. The minimum atomic E-state index is -0.733. The third-order valence-electron chi connectivity index (χ3n) is 2.64. The van der Waals surface area contributed by atoms with Crippen molar-refractivity contribution in [1.82, 2.24) is 0 Å². The van der Waals surface area contributed by atoms with E-state index < -0.39 is 5.60 Å². The molecule has 0 aromatic heterocycles. The van der Waals surface area contributed by atoms with Gasteiger partial charge in [-0.2, -0.15) is 5.26 Å². The Balaban J connectivity index is 2.67. The lowest BCUT2D eigenvalue weighted by atomic mass is 10.0. The van der Waals surface area contributed by atoms with Crippen molar-refractivity contribution in [1.29, 1.82) is 5.26 Å². The van der Waals surface area contributed by atoms with E-state index in [1.54, 1.807) is 25.1 Å². The van der Waals surface area contributed by atoms with Gasteiger partial charge >= 0.3 is 0 Å². The Morgan fingerprint density at radius 3 is 2.82 bits per heavy atom. The molecule has 17 heavy (non-hydrogen) atoms. The Morgan fingerprint density at radius 1 is 1.53 bits per heavy atom. The molecule has 1 atom stereocenters. The van der Waals surface area contributed by atoms with Crippen LogP contribution in [0.15, 0.2) is 18.2 Å². The van der Waals surface area contributed by atoms with E-state index in [1.807, 2.05) is 13.0 Å². The summed E-state index contributed by atoms with van der Waals surface area (Å²) in [5.74, 6) is 0. The van der Waals surface area contributed by atoms with Crippen molar-refractivity contribution in [2.45, 2.75) is 32.3 Å². The summed E-state index contributed by atoms with van der Waals surface area (Å²) in [6.07, 6.45) is 1.67. The molecule has 4 N–H and O–H groups in total. The van der Waals surface area contributed by atoms with Gasteiger partial charge in [0.15, 0.2) is 0 Å². The standard InChI is InChI=1S/C13H19N3O/c1-3-6-13(2,17)9-16-11-4-5-12(15)10(7-11)8-14/h4-5,7,16-17H,3,6,9,15H2,1-2H3. The highest BCUT2D eigenvalue weighted by Crippen LogP contribution is 2.18. The van der Waals surface area contributed by atoms with Crippen molar-refractivity contribution in [3.63, 3.8) is 0 Å². The zero-order chi connectivity index (χ0) is 12.9. The van der Waals surface area contributed by atoms with Crippen molar-refractivity contribution < 1.29 is 5.11 Å². The second kappa shape index (κ2) is 5.55. The maximum absolute atomic E-state index is 10.0. The molecule has 0 radical (unpaired) electrons. The van der Waals surface area contributed by atoms with Crippen LogP contribution in [0.25, 0.3) is 0 Å². The van der Waals surface area contributed by atoms with Crippen molar-refractivity contribution in [2.75, 3.05) is 17.6 Å². The second-order valence-electron chi connectivity index (χ2n) is 4.51. The summed E-state index contributed by atoms with van der Waals surface area (Å²) in [5, 5.41) is 22.0. The Labute approximate surface area is 102 Å². The maximum Gasteiger partial charge on any atom is 0.101 e. The third kappa shape index (κ3) is 3.97. The summed E-state index contributed by atoms with van der Waals surface area (Å²) < 4.78 is 0. The Hall–Kier alpha value is -1.73. The Morgan fingerprint density at radius 2 is 2.24 bits per heavy atom. The molecule has 0 bridgehead atoms. The Kier molecular flexibility index (Phi) is 4.36. The van der Waals surface area contributed by atoms with Crippen molar-refractivity contribution >= 4 is 11.4 Å². The van der Waals surface area contributed by atoms with Crippen LogP contribution in [-0.2, 0) is 0 Å². The molecule has 92 valence electrons. The van der Waals surface area contributed by atoms with E-state index >= 15 is 0 Å². The van der Waals surface area contributed by atoms with Crippen LogP contribution in [-0.4, -0.2) is 17.3 Å². The number of hydrogen-bond donors (Lipinski definition) is 3. The number of benzene rings is 1. The average Bonchev–Trinajstić information content (AvgIpc) is 2.28. The molecule has 0 heterocycles. The molecule has 1 rings (SSSR count). The summed E-state index contributed by atoms with van der Waals surface area (Å²) >= 11 is 0. The molecule has 0 aliphatic carbocycles. The molecule has 0 aliphatic heterocycles. The van der Waals surface area contributed by atoms with E-state index in [4.69, 9.17) is 11.0 Å². The fourth-order valence-corrected chi connectivity index (χ4v) is 1.68. The predicted octanol–water partition coefficient (Wildman–Crippen LogP) is 2.10. The van der Waals surface area contributed by atoms with Gasteiger partial charge in [0.1, 0.15) is 6.07 Å². The lowest BCUT2D eigenvalue weighted by Gasteiger charge is -2.23. The van der Waals surface area contributed by atoms with Crippen LogP contribution in [0.2, 0.25) is 0 Å². The van der Waals surface area contributed by atoms with E-state index in [1.165, 1.54) is 0 Å². The van der Waals surface area contributed by atoms with E-state index in [0.29, 0.717) is 17.8 Å². The van der Waals surface area contributed by atoms with Gasteiger partial charge in [0.25, 0.3) is 0 Å². The number of nitrogens with two attached hydrogens (primary N) is 1. The summed E-state index contributed by atoms with van der Waals surface area (Å²) in [4.78, 5) is 0. The largest absolute Gasteiger partial charge is 0.398 e. The molecule has 0 spiro atoms. The molecule has 0 fully saturated rings. The van der Waals surface area contributed by atoms with Crippen LogP contribution < -0.4 is 11.1 Å². The lowest BCUT2D eigenvalue weighted by Crippen LogP contribution is -2.33. The van der Waals surface area contributed by atoms with Crippen LogP contribution in [0.5, 0.6) is 0 Å². The average molecular weight is 233 g/mol. The highest BCUT2D eigenvalue weighted by atomic mass is 16.3. The van der Waals surface area contributed by atoms with Gasteiger partial charge in [-0.05, 0) is 31.5 Å². The van der Waals surface area contributed by atoms with E-state index in [2.05, 4.69) is 5.32 Å². The molecule has 0 aliphatic rings. The van der Waals surface area contributed by atoms with Gasteiger partial charge in [-0.1, -0.05) is 13.3 Å². The highest BCUT2D eigenvalue weighted by molar-refractivity contribution is 5.61. The normalized spacial score (nSPS) is 13.8. The second-order valence-corrected chi connectivity index (χ2v) is 4.51. The van der Waals surface area contributed by atoms with Crippen LogP contribution in [0.3, 0.4) is 0 Å². The topological polar surface area (TPSA) is 82.1 Å². The first-order chi connectivity index (χ1) is 7.98. The first kappa shape index (κ1) is 13.3. The summed E-state index contributed by atoms with van der Waals surface area (Å²) in [6, 6.07) is 7.22. The monoisotopic (exact) mass is 233 g/mol. The van der Waals surface area contributed by atoms with E-state index in [9.17, 15) is 5.11 Å². The quantitative estimate of drug-likeness (QED) is 0.680. The van der Waals surface area contributed by atoms with Gasteiger partial charge in [-0.15, -0.1) is 0 Å². The number of anilines is 2. The number of nitrogen functional groups attached to an aromatic ring is 1. The van der Waals surface area contributed by atoms with Crippen LogP contribution in [0.4, 0.5) is 11.4 Å². The van der Waals surface area contributed by atoms with Crippen LogP contribution in [0.1, 0.15) is 32.3 Å². The van der Waals surface area contributed by atoms with Gasteiger partial charge in [0.05, 0.1) is 11.2 Å². The van der Waals surface area contributed by atoms with Gasteiger partial charge in [-0.25, -0.2) is 0 Å². The van der Waals surface area contributed by atoms with Gasteiger partial charge in [0, 0.05) is 17.9 Å². The number of hydrogen-bond acceptors (Lipinski definition) is 4. The van der Waals surface area contributed by atoms with E-state index in [-0.39, 0.29) is 0 Å². The molecule has 0 saturated heterocycles. The molecule has 1 aromatic rings.